The maximum Gasteiger partial charge on any atom is 0.104 e. The van der Waals surface area contributed by atoms with Crippen molar-refractivity contribution in [3.8, 4) is 0 Å². The molecular formula is C7H15ClO3. The Bertz CT molecular complexity index is 99.7. The summed E-state index contributed by atoms with van der Waals surface area (Å²) in [5.41, 5.74) is 0. The van der Waals surface area contributed by atoms with E-state index in [0.29, 0.717) is 6.42 Å². The maximum absolute atomic E-state index is 9.18. The van der Waals surface area contributed by atoms with E-state index in [4.69, 9.17) is 21.8 Å². The van der Waals surface area contributed by atoms with E-state index >= 15 is 0 Å². The van der Waals surface area contributed by atoms with Crippen LogP contribution in [0.15, 0.2) is 0 Å². The van der Waals surface area contributed by atoms with E-state index in [1.54, 1.807) is 0 Å². The number of hydrogen-bond donors (Lipinski definition) is 3. The van der Waals surface area contributed by atoms with E-state index in [0.717, 1.165) is 6.42 Å². The molecule has 4 heteroatoms. The molecule has 0 aromatic carbocycles. The van der Waals surface area contributed by atoms with E-state index in [9.17, 15) is 5.11 Å². The molecule has 0 spiro atoms. The summed E-state index contributed by atoms with van der Waals surface area (Å²) in [6.07, 6.45) is -0.658. The van der Waals surface area contributed by atoms with Crippen molar-refractivity contribution in [3.63, 3.8) is 0 Å². The lowest BCUT2D eigenvalue weighted by molar-refractivity contribution is -0.0163. The first kappa shape index (κ1) is 11.2. The lowest BCUT2D eigenvalue weighted by Gasteiger charge is -2.19. The molecule has 11 heavy (non-hydrogen) atoms. The molecule has 0 radical (unpaired) electrons. The standard InChI is InChI=1S/C7H15ClO3/c1-2-3-5(8)7(11)6(10)4-9/h5-7,9-11H,2-4H2,1H3. The van der Waals surface area contributed by atoms with Gasteiger partial charge in [-0.3, -0.25) is 0 Å². The van der Waals surface area contributed by atoms with Crippen molar-refractivity contribution in [2.24, 2.45) is 0 Å². The predicted octanol–water partition coefficient (Wildman–Crippen LogP) is 0.108. The predicted molar refractivity (Wildman–Crippen MR) is 43.6 cm³/mol. The van der Waals surface area contributed by atoms with Crippen LogP contribution in [0.5, 0.6) is 0 Å². The molecule has 0 heterocycles. The summed E-state index contributed by atoms with van der Waals surface area (Å²) >= 11 is 5.68. The van der Waals surface area contributed by atoms with Gasteiger partial charge in [0.05, 0.1) is 18.1 Å². The van der Waals surface area contributed by atoms with Gasteiger partial charge in [-0.15, -0.1) is 11.6 Å². The highest BCUT2D eigenvalue weighted by atomic mass is 35.5. The molecule has 0 aliphatic carbocycles. The normalized spacial score (nSPS) is 19.4. The maximum atomic E-state index is 9.18. The smallest absolute Gasteiger partial charge is 0.104 e. The summed E-state index contributed by atoms with van der Waals surface area (Å²) in [7, 11) is 0. The fourth-order valence-electron chi connectivity index (χ4n) is 0.796. The van der Waals surface area contributed by atoms with E-state index in [2.05, 4.69) is 0 Å². The first-order valence-corrected chi connectivity index (χ1v) is 4.18. The van der Waals surface area contributed by atoms with Crippen LogP contribution in [0, 0.1) is 0 Å². The van der Waals surface area contributed by atoms with Crippen molar-refractivity contribution in [2.45, 2.75) is 37.4 Å². The second-order valence-electron chi connectivity index (χ2n) is 2.55. The van der Waals surface area contributed by atoms with Crippen LogP contribution in [0.3, 0.4) is 0 Å². The van der Waals surface area contributed by atoms with Crippen LogP contribution in [0.25, 0.3) is 0 Å². The van der Waals surface area contributed by atoms with Gasteiger partial charge < -0.3 is 15.3 Å². The van der Waals surface area contributed by atoms with Gasteiger partial charge >= 0.3 is 0 Å². The molecule has 3 atom stereocenters. The highest BCUT2D eigenvalue weighted by molar-refractivity contribution is 6.21. The second kappa shape index (κ2) is 5.77. The number of rotatable bonds is 5. The Morgan fingerprint density at radius 2 is 1.91 bits per heavy atom. The average molecular weight is 183 g/mol. The van der Waals surface area contributed by atoms with Crippen LogP contribution < -0.4 is 0 Å². The minimum atomic E-state index is -1.12. The summed E-state index contributed by atoms with van der Waals surface area (Å²) in [4.78, 5) is 0. The Morgan fingerprint density at radius 1 is 1.36 bits per heavy atom. The SMILES string of the molecule is CCCC(Cl)C(O)C(O)CO. The Morgan fingerprint density at radius 3 is 2.27 bits per heavy atom. The van der Waals surface area contributed by atoms with Gasteiger partial charge in [0.25, 0.3) is 0 Å². The number of alkyl halides is 1. The summed E-state index contributed by atoms with van der Waals surface area (Å²) < 4.78 is 0. The van der Waals surface area contributed by atoms with Crippen LogP contribution in [0.2, 0.25) is 0 Å². The second-order valence-corrected chi connectivity index (χ2v) is 3.11. The Hall–Kier alpha value is 0.170. The zero-order chi connectivity index (χ0) is 8.85. The fraction of sp³-hybridized carbons (Fsp3) is 1.00. The minimum Gasteiger partial charge on any atom is -0.394 e. The third-order valence-corrected chi connectivity index (χ3v) is 1.99. The topological polar surface area (TPSA) is 60.7 Å². The number of aliphatic hydroxyl groups is 3. The van der Waals surface area contributed by atoms with Crippen LogP contribution in [-0.4, -0.2) is 39.5 Å². The van der Waals surface area contributed by atoms with Gasteiger partial charge in [-0.25, -0.2) is 0 Å². The van der Waals surface area contributed by atoms with Gasteiger partial charge in [0, 0.05) is 0 Å². The Balaban J connectivity index is 3.70. The molecule has 0 saturated carbocycles. The van der Waals surface area contributed by atoms with E-state index < -0.39 is 24.2 Å². The van der Waals surface area contributed by atoms with Crippen molar-refractivity contribution in [1.29, 1.82) is 0 Å². The molecule has 0 aliphatic rings. The molecule has 0 rings (SSSR count). The third-order valence-electron chi connectivity index (χ3n) is 1.52. The molecule has 0 saturated heterocycles. The van der Waals surface area contributed by atoms with Crippen LogP contribution >= 0.6 is 11.6 Å². The molecule has 3 N–H and O–H groups in total. The average Bonchev–Trinajstić information content (AvgIpc) is 2.02. The molecule has 3 nitrogen and oxygen atoms in total. The van der Waals surface area contributed by atoms with Gasteiger partial charge in [-0.2, -0.15) is 0 Å². The number of hydrogen-bond acceptors (Lipinski definition) is 3. The van der Waals surface area contributed by atoms with Gasteiger partial charge in [-0.05, 0) is 6.42 Å². The molecule has 68 valence electrons. The van der Waals surface area contributed by atoms with Gasteiger partial charge in [0.1, 0.15) is 6.10 Å². The zero-order valence-electron chi connectivity index (χ0n) is 6.57. The highest BCUT2D eigenvalue weighted by Crippen LogP contribution is 2.12. The first-order valence-electron chi connectivity index (χ1n) is 3.74. The van der Waals surface area contributed by atoms with Crippen molar-refractivity contribution in [1.82, 2.24) is 0 Å². The molecule has 0 aromatic heterocycles. The zero-order valence-corrected chi connectivity index (χ0v) is 7.33. The van der Waals surface area contributed by atoms with Gasteiger partial charge in [0.2, 0.25) is 0 Å². The van der Waals surface area contributed by atoms with Gasteiger partial charge in [0.15, 0.2) is 0 Å². The Kier molecular flexibility index (Phi) is 5.86. The third kappa shape index (κ3) is 3.91. The fourth-order valence-corrected chi connectivity index (χ4v) is 1.18. The molecule has 0 amide bonds. The number of aliphatic hydroxyl groups excluding tert-OH is 3. The van der Waals surface area contributed by atoms with Crippen LogP contribution in [-0.2, 0) is 0 Å². The molecule has 0 fully saturated rings. The highest BCUT2D eigenvalue weighted by Gasteiger charge is 2.22. The summed E-state index contributed by atoms with van der Waals surface area (Å²) in [5, 5.41) is 26.1. The first-order chi connectivity index (χ1) is 5.13. The van der Waals surface area contributed by atoms with Crippen LogP contribution in [0.1, 0.15) is 19.8 Å². The summed E-state index contributed by atoms with van der Waals surface area (Å²) in [6, 6.07) is 0. The molecule has 0 bridgehead atoms. The lowest BCUT2D eigenvalue weighted by Crippen LogP contribution is -2.36. The molecule has 0 aliphatic heterocycles. The monoisotopic (exact) mass is 182 g/mol. The quantitative estimate of drug-likeness (QED) is 0.529. The van der Waals surface area contributed by atoms with Crippen LogP contribution in [0.4, 0.5) is 0 Å². The summed E-state index contributed by atoms with van der Waals surface area (Å²) in [6.45, 7) is 1.49. The lowest BCUT2D eigenvalue weighted by atomic mass is 10.1. The Labute approximate surface area is 71.6 Å². The van der Waals surface area contributed by atoms with E-state index in [-0.39, 0.29) is 0 Å². The molecule has 3 unspecified atom stereocenters. The van der Waals surface area contributed by atoms with Crippen molar-refractivity contribution in [3.05, 3.63) is 0 Å². The van der Waals surface area contributed by atoms with Crippen molar-refractivity contribution in [2.75, 3.05) is 6.61 Å². The van der Waals surface area contributed by atoms with E-state index in [1.807, 2.05) is 6.92 Å². The van der Waals surface area contributed by atoms with Gasteiger partial charge in [-0.1, -0.05) is 13.3 Å². The summed E-state index contributed by atoms with van der Waals surface area (Å²) in [5.74, 6) is 0. The minimum absolute atomic E-state index is 0.450. The van der Waals surface area contributed by atoms with Crippen molar-refractivity contribution >= 4 is 11.6 Å². The van der Waals surface area contributed by atoms with E-state index in [1.165, 1.54) is 0 Å². The largest absolute Gasteiger partial charge is 0.394 e. The molecular weight excluding hydrogens is 168 g/mol. The number of halogens is 1. The molecule has 0 aromatic rings. The van der Waals surface area contributed by atoms with Crippen molar-refractivity contribution < 1.29 is 15.3 Å².